The van der Waals surface area contributed by atoms with Gasteiger partial charge in [-0.05, 0) is 18.3 Å². The lowest BCUT2D eigenvalue weighted by Gasteiger charge is -2.30. The van der Waals surface area contributed by atoms with Crippen LogP contribution in [-0.2, 0) is 10.9 Å². The molecule has 1 saturated heterocycles. The number of piperidine rings is 1. The van der Waals surface area contributed by atoms with E-state index in [1.807, 2.05) is 0 Å². The van der Waals surface area contributed by atoms with Gasteiger partial charge in [0.25, 0.3) is 0 Å². The Morgan fingerprint density at radius 3 is 2.00 bits per heavy atom. The van der Waals surface area contributed by atoms with Crippen LogP contribution in [0.3, 0.4) is 0 Å². The molecule has 4 heteroatoms. The van der Waals surface area contributed by atoms with E-state index in [2.05, 4.69) is 13.8 Å². The molecule has 0 aromatic carbocycles. The first-order valence-corrected chi connectivity index (χ1v) is 5.12. The Hall–Kier alpha value is -0.0900. The highest BCUT2D eigenvalue weighted by molar-refractivity contribution is 7.69. The topological polar surface area (TPSA) is 37.4 Å². The first-order valence-electron chi connectivity index (χ1n) is 3.99. The van der Waals surface area contributed by atoms with Gasteiger partial charge < -0.3 is 0 Å². The number of thiol groups is 1. The third kappa shape index (κ3) is 2.45. The maximum absolute atomic E-state index is 10.6. The maximum Gasteiger partial charge on any atom is 0.203 e. The lowest BCUT2D eigenvalue weighted by molar-refractivity contribution is 0.227. The largest absolute Gasteiger partial charge is 0.215 e. The van der Waals surface area contributed by atoms with Gasteiger partial charge in [-0.3, -0.25) is 0 Å². The van der Waals surface area contributed by atoms with Crippen molar-refractivity contribution < 1.29 is 8.42 Å². The van der Waals surface area contributed by atoms with Crippen LogP contribution in [0.1, 0.15) is 20.3 Å². The fraction of sp³-hybridized carbons (Fsp3) is 1.00. The molecule has 1 heterocycles. The van der Waals surface area contributed by atoms with Crippen molar-refractivity contribution in [3.8, 4) is 0 Å². The average molecular weight is 177 g/mol. The van der Waals surface area contributed by atoms with Crippen molar-refractivity contribution in [2.24, 2.45) is 11.8 Å². The fourth-order valence-electron chi connectivity index (χ4n) is 1.76. The van der Waals surface area contributed by atoms with Crippen LogP contribution in [0.4, 0.5) is 0 Å². The number of hydrogen-bond acceptors (Lipinski definition) is 2. The van der Waals surface area contributed by atoms with Crippen LogP contribution >= 0.6 is 0 Å². The van der Waals surface area contributed by atoms with E-state index in [4.69, 9.17) is 0 Å². The van der Waals surface area contributed by atoms with E-state index in [0.717, 1.165) is 6.42 Å². The Morgan fingerprint density at radius 2 is 1.64 bits per heavy atom. The molecule has 1 fully saturated rings. The standard InChI is InChI=1S/C7H15NO2S/c1-6-3-7(2)5-8(4-6)11(9)10/h6-7,11H,3-5H2,1-2H3. The highest BCUT2D eigenvalue weighted by Gasteiger charge is 2.22. The smallest absolute Gasteiger partial charge is 0.203 e. The van der Waals surface area contributed by atoms with E-state index in [1.165, 1.54) is 0 Å². The second kappa shape index (κ2) is 3.54. The molecule has 2 unspecified atom stereocenters. The molecule has 0 spiro atoms. The Labute approximate surface area is 69.5 Å². The second-order valence-corrected chi connectivity index (χ2v) is 4.60. The van der Waals surface area contributed by atoms with Gasteiger partial charge in [0.05, 0.1) is 0 Å². The van der Waals surface area contributed by atoms with Crippen molar-refractivity contribution in [1.29, 1.82) is 0 Å². The minimum absolute atomic E-state index is 0.520. The van der Waals surface area contributed by atoms with Crippen LogP contribution in [0, 0.1) is 11.8 Å². The molecule has 0 N–H and O–H groups in total. The summed E-state index contributed by atoms with van der Waals surface area (Å²) < 4.78 is 22.8. The first-order chi connectivity index (χ1) is 5.09. The highest BCUT2D eigenvalue weighted by atomic mass is 32.2. The first kappa shape index (κ1) is 9.00. The van der Waals surface area contributed by atoms with Gasteiger partial charge in [-0.1, -0.05) is 13.8 Å². The summed E-state index contributed by atoms with van der Waals surface area (Å²) in [5.74, 6) is 1.04. The molecule has 0 aromatic heterocycles. The number of hydrogen-bond donors (Lipinski definition) is 1. The van der Waals surface area contributed by atoms with Crippen molar-refractivity contribution in [3.05, 3.63) is 0 Å². The van der Waals surface area contributed by atoms with Gasteiger partial charge in [-0.15, -0.1) is 0 Å². The monoisotopic (exact) mass is 177 g/mol. The molecule has 11 heavy (non-hydrogen) atoms. The van der Waals surface area contributed by atoms with Crippen LogP contribution in [0.5, 0.6) is 0 Å². The third-order valence-electron chi connectivity index (χ3n) is 2.08. The van der Waals surface area contributed by atoms with Crippen LogP contribution in [-0.4, -0.2) is 25.8 Å². The fourth-order valence-corrected chi connectivity index (χ4v) is 2.59. The summed E-state index contributed by atoms with van der Waals surface area (Å²) in [6.45, 7) is 5.62. The van der Waals surface area contributed by atoms with E-state index in [9.17, 15) is 8.42 Å². The summed E-state index contributed by atoms with van der Waals surface area (Å²) in [7, 11) is -2.34. The van der Waals surface area contributed by atoms with Gasteiger partial charge in [0.1, 0.15) is 0 Å². The van der Waals surface area contributed by atoms with Gasteiger partial charge in [0.2, 0.25) is 10.9 Å². The molecule has 0 bridgehead atoms. The predicted molar refractivity (Wildman–Crippen MR) is 44.8 cm³/mol. The van der Waals surface area contributed by atoms with E-state index < -0.39 is 10.9 Å². The molecule has 0 amide bonds. The van der Waals surface area contributed by atoms with Crippen molar-refractivity contribution in [2.75, 3.05) is 13.1 Å². The van der Waals surface area contributed by atoms with Crippen LogP contribution in [0.15, 0.2) is 0 Å². The zero-order chi connectivity index (χ0) is 8.43. The number of rotatable bonds is 1. The molecule has 1 rings (SSSR count). The summed E-state index contributed by atoms with van der Waals surface area (Å²) in [6.07, 6.45) is 1.15. The minimum atomic E-state index is -2.34. The Morgan fingerprint density at radius 1 is 1.18 bits per heavy atom. The highest BCUT2D eigenvalue weighted by Crippen LogP contribution is 2.20. The molecule has 2 atom stereocenters. The molecule has 1 aliphatic rings. The molecule has 1 aliphatic heterocycles. The van der Waals surface area contributed by atoms with Gasteiger partial charge in [0.15, 0.2) is 0 Å². The van der Waals surface area contributed by atoms with Crippen LogP contribution < -0.4 is 0 Å². The Balaban J connectivity index is 2.56. The molecule has 66 valence electrons. The Kier molecular flexibility index (Phi) is 2.90. The van der Waals surface area contributed by atoms with Gasteiger partial charge in [-0.2, -0.15) is 0 Å². The second-order valence-electron chi connectivity index (χ2n) is 3.56. The predicted octanol–water partition coefficient (Wildman–Crippen LogP) is 0.491. The average Bonchev–Trinajstić information content (AvgIpc) is 1.85. The summed E-state index contributed by atoms with van der Waals surface area (Å²) in [5.41, 5.74) is 0. The third-order valence-corrected chi connectivity index (χ3v) is 2.87. The van der Waals surface area contributed by atoms with E-state index in [1.54, 1.807) is 4.31 Å². The minimum Gasteiger partial charge on any atom is -0.215 e. The Bertz CT molecular complexity index is 185. The quantitative estimate of drug-likeness (QED) is 0.592. The van der Waals surface area contributed by atoms with Crippen molar-refractivity contribution in [1.82, 2.24) is 4.31 Å². The molecule has 0 aromatic rings. The molecule has 3 nitrogen and oxygen atoms in total. The van der Waals surface area contributed by atoms with Crippen LogP contribution in [0.25, 0.3) is 0 Å². The van der Waals surface area contributed by atoms with Gasteiger partial charge >= 0.3 is 0 Å². The summed E-state index contributed by atoms with van der Waals surface area (Å²) in [4.78, 5) is 0. The molecular weight excluding hydrogens is 162 g/mol. The summed E-state index contributed by atoms with van der Waals surface area (Å²) in [6, 6.07) is 0. The SMILES string of the molecule is CC1CC(C)CN([SH](=O)=O)C1. The van der Waals surface area contributed by atoms with E-state index in [-0.39, 0.29) is 0 Å². The lowest BCUT2D eigenvalue weighted by Crippen LogP contribution is -2.37. The normalized spacial score (nSPS) is 34.5. The molecular formula is C7H15NO2S. The van der Waals surface area contributed by atoms with E-state index >= 15 is 0 Å². The maximum atomic E-state index is 10.6. The van der Waals surface area contributed by atoms with Gasteiger partial charge in [-0.25, -0.2) is 12.7 Å². The van der Waals surface area contributed by atoms with Crippen molar-refractivity contribution >= 4 is 10.9 Å². The van der Waals surface area contributed by atoms with E-state index in [0.29, 0.717) is 24.9 Å². The van der Waals surface area contributed by atoms with Gasteiger partial charge in [0, 0.05) is 13.1 Å². The van der Waals surface area contributed by atoms with Crippen molar-refractivity contribution in [3.63, 3.8) is 0 Å². The summed E-state index contributed by atoms with van der Waals surface area (Å²) in [5, 5.41) is 0. The van der Waals surface area contributed by atoms with Crippen LogP contribution in [0.2, 0.25) is 0 Å². The zero-order valence-electron chi connectivity index (χ0n) is 6.99. The van der Waals surface area contributed by atoms with Crippen molar-refractivity contribution in [2.45, 2.75) is 20.3 Å². The summed E-state index contributed by atoms with van der Waals surface area (Å²) >= 11 is 0. The zero-order valence-corrected chi connectivity index (χ0v) is 7.88. The molecule has 0 radical (unpaired) electrons. The number of nitrogens with zero attached hydrogens (tertiary/aromatic N) is 1. The molecule has 0 aliphatic carbocycles. The lowest BCUT2D eigenvalue weighted by atomic mass is 9.94. The molecule has 0 saturated carbocycles.